The quantitative estimate of drug-likeness (QED) is 0.823. The standard InChI is InChI=1S/C11H14Br2N4/c1-6-10(12)8(3)17(15-6)5-9-11(13)7(2)14-16(9)4/h5H2,1-4H3. The highest BCUT2D eigenvalue weighted by molar-refractivity contribution is 9.10. The van der Waals surface area contributed by atoms with Crippen LogP contribution in [-0.2, 0) is 13.6 Å². The Balaban J connectivity index is 2.41. The van der Waals surface area contributed by atoms with E-state index in [-0.39, 0.29) is 0 Å². The largest absolute Gasteiger partial charge is 0.269 e. The topological polar surface area (TPSA) is 35.6 Å². The summed E-state index contributed by atoms with van der Waals surface area (Å²) in [4.78, 5) is 0. The number of nitrogens with zero attached hydrogens (tertiary/aromatic N) is 4. The maximum absolute atomic E-state index is 4.50. The van der Waals surface area contributed by atoms with Crippen LogP contribution in [0.3, 0.4) is 0 Å². The summed E-state index contributed by atoms with van der Waals surface area (Å²) in [7, 11) is 1.95. The molecule has 0 atom stereocenters. The Morgan fingerprint density at radius 3 is 2.00 bits per heavy atom. The Morgan fingerprint density at radius 2 is 1.59 bits per heavy atom. The first-order valence-corrected chi connectivity index (χ1v) is 6.88. The Hall–Kier alpha value is -0.620. The van der Waals surface area contributed by atoms with Gasteiger partial charge in [-0.3, -0.25) is 9.36 Å². The van der Waals surface area contributed by atoms with Crippen molar-refractivity contribution in [3.63, 3.8) is 0 Å². The van der Waals surface area contributed by atoms with Crippen molar-refractivity contribution in [3.05, 3.63) is 31.7 Å². The van der Waals surface area contributed by atoms with Crippen molar-refractivity contribution in [2.45, 2.75) is 27.3 Å². The molecular weight excluding hydrogens is 348 g/mol. The maximum atomic E-state index is 4.50. The highest BCUT2D eigenvalue weighted by atomic mass is 79.9. The van der Waals surface area contributed by atoms with Gasteiger partial charge in [0.15, 0.2) is 0 Å². The van der Waals surface area contributed by atoms with E-state index in [1.54, 1.807) is 0 Å². The first-order valence-electron chi connectivity index (χ1n) is 5.29. The zero-order valence-corrected chi connectivity index (χ0v) is 13.4. The molecule has 2 heterocycles. The summed E-state index contributed by atoms with van der Waals surface area (Å²) in [5.41, 5.74) is 4.27. The SMILES string of the molecule is Cc1nn(C)c(Cn2nc(C)c(Br)c2C)c1Br. The first-order chi connectivity index (χ1) is 7.91. The predicted octanol–water partition coefficient (Wildman–Crippen LogP) is 3.12. The fourth-order valence-corrected chi connectivity index (χ4v) is 2.57. The van der Waals surface area contributed by atoms with Gasteiger partial charge in [0.1, 0.15) is 0 Å². The summed E-state index contributed by atoms with van der Waals surface area (Å²) in [6.45, 7) is 6.76. The molecule has 0 aliphatic heterocycles. The van der Waals surface area contributed by atoms with Crippen molar-refractivity contribution in [1.29, 1.82) is 0 Å². The van der Waals surface area contributed by atoms with Crippen molar-refractivity contribution in [3.8, 4) is 0 Å². The average Bonchev–Trinajstić information content (AvgIpc) is 2.65. The lowest BCUT2D eigenvalue weighted by atomic mass is 10.3. The van der Waals surface area contributed by atoms with E-state index in [1.807, 2.05) is 30.3 Å². The van der Waals surface area contributed by atoms with E-state index in [0.29, 0.717) is 0 Å². The van der Waals surface area contributed by atoms with Gasteiger partial charge in [0.2, 0.25) is 0 Å². The molecule has 4 nitrogen and oxygen atoms in total. The molecule has 0 spiro atoms. The molecule has 0 fully saturated rings. The van der Waals surface area contributed by atoms with E-state index >= 15 is 0 Å². The third-order valence-corrected chi connectivity index (χ3v) is 5.03. The number of aryl methyl sites for hydroxylation is 3. The van der Waals surface area contributed by atoms with Crippen LogP contribution in [0.2, 0.25) is 0 Å². The second kappa shape index (κ2) is 4.57. The van der Waals surface area contributed by atoms with Gasteiger partial charge >= 0.3 is 0 Å². The van der Waals surface area contributed by atoms with E-state index in [4.69, 9.17) is 0 Å². The number of aromatic nitrogens is 4. The van der Waals surface area contributed by atoms with Gasteiger partial charge in [-0.2, -0.15) is 10.2 Å². The molecule has 0 saturated heterocycles. The summed E-state index contributed by atoms with van der Waals surface area (Å²) >= 11 is 7.11. The minimum absolute atomic E-state index is 0.718. The Labute approximate surface area is 117 Å². The van der Waals surface area contributed by atoms with Gasteiger partial charge in [0, 0.05) is 7.05 Å². The van der Waals surface area contributed by atoms with Crippen LogP contribution >= 0.6 is 31.9 Å². The summed E-state index contributed by atoms with van der Waals surface area (Å²) in [5, 5.41) is 8.89. The molecule has 0 aromatic carbocycles. The average molecular weight is 362 g/mol. The molecule has 6 heteroatoms. The van der Waals surface area contributed by atoms with E-state index in [9.17, 15) is 0 Å². The van der Waals surface area contributed by atoms with Gasteiger partial charge in [0.25, 0.3) is 0 Å². The summed E-state index contributed by atoms with van der Waals surface area (Å²) in [6.07, 6.45) is 0. The lowest BCUT2D eigenvalue weighted by Gasteiger charge is -2.05. The van der Waals surface area contributed by atoms with Crippen LogP contribution in [0.5, 0.6) is 0 Å². The Bertz CT molecular complexity index is 569. The molecule has 0 bridgehead atoms. The molecule has 0 amide bonds. The molecular formula is C11H14Br2N4. The zero-order valence-electron chi connectivity index (χ0n) is 10.3. The van der Waals surface area contributed by atoms with Gasteiger partial charge in [-0.15, -0.1) is 0 Å². The molecule has 92 valence electrons. The molecule has 2 aromatic heterocycles. The highest BCUT2D eigenvalue weighted by Crippen LogP contribution is 2.24. The fourth-order valence-electron chi connectivity index (χ4n) is 1.82. The van der Waals surface area contributed by atoms with Gasteiger partial charge in [-0.05, 0) is 52.6 Å². The van der Waals surface area contributed by atoms with E-state index in [1.165, 1.54) is 0 Å². The number of rotatable bonds is 2. The van der Waals surface area contributed by atoms with Crippen LogP contribution in [0.15, 0.2) is 8.95 Å². The predicted molar refractivity (Wildman–Crippen MR) is 74.1 cm³/mol. The molecule has 0 unspecified atom stereocenters. The number of halogens is 2. The Morgan fingerprint density at radius 1 is 1.00 bits per heavy atom. The smallest absolute Gasteiger partial charge is 0.0843 e. The van der Waals surface area contributed by atoms with Crippen LogP contribution < -0.4 is 0 Å². The zero-order chi connectivity index (χ0) is 12.7. The van der Waals surface area contributed by atoms with Crippen LogP contribution in [0, 0.1) is 20.8 Å². The van der Waals surface area contributed by atoms with Crippen LogP contribution in [0.25, 0.3) is 0 Å². The minimum atomic E-state index is 0.718. The van der Waals surface area contributed by atoms with Crippen LogP contribution in [-0.4, -0.2) is 19.6 Å². The molecule has 0 saturated carbocycles. The normalized spacial score (nSPS) is 11.2. The molecule has 0 aliphatic carbocycles. The lowest BCUT2D eigenvalue weighted by Crippen LogP contribution is -2.09. The Kier molecular flexibility index (Phi) is 3.45. The summed E-state index contributed by atoms with van der Waals surface area (Å²) < 4.78 is 6.01. The van der Waals surface area contributed by atoms with Gasteiger partial charge in [0.05, 0.1) is 38.3 Å². The van der Waals surface area contributed by atoms with E-state index in [2.05, 4.69) is 49.0 Å². The van der Waals surface area contributed by atoms with Gasteiger partial charge in [-0.25, -0.2) is 0 Å². The monoisotopic (exact) mass is 360 g/mol. The summed E-state index contributed by atoms with van der Waals surface area (Å²) in [6, 6.07) is 0. The van der Waals surface area contributed by atoms with E-state index in [0.717, 1.165) is 38.3 Å². The molecule has 0 N–H and O–H groups in total. The number of hydrogen-bond donors (Lipinski definition) is 0. The lowest BCUT2D eigenvalue weighted by molar-refractivity contribution is 0.602. The third kappa shape index (κ3) is 2.20. The first kappa shape index (κ1) is 12.8. The molecule has 2 rings (SSSR count). The van der Waals surface area contributed by atoms with Crippen molar-refractivity contribution in [1.82, 2.24) is 19.6 Å². The molecule has 0 radical (unpaired) electrons. The third-order valence-electron chi connectivity index (χ3n) is 2.85. The van der Waals surface area contributed by atoms with Crippen molar-refractivity contribution in [2.75, 3.05) is 0 Å². The molecule has 2 aromatic rings. The van der Waals surface area contributed by atoms with Gasteiger partial charge < -0.3 is 0 Å². The second-order valence-electron chi connectivity index (χ2n) is 4.11. The molecule has 17 heavy (non-hydrogen) atoms. The maximum Gasteiger partial charge on any atom is 0.0843 e. The van der Waals surface area contributed by atoms with E-state index < -0.39 is 0 Å². The van der Waals surface area contributed by atoms with Crippen molar-refractivity contribution in [2.24, 2.45) is 7.05 Å². The fraction of sp³-hybridized carbons (Fsp3) is 0.455. The number of hydrogen-bond acceptors (Lipinski definition) is 2. The van der Waals surface area contributed by atoms with Crippen molar-refractivity contribution >= 4 is 31.9 Å². The highest BCUT2D eigenvalue weighted by Gasteiger charge is 2.14. The van der Waals surface area contributed by atoms with Gasteiger partial charge in [-0.1, -0.05) is 0 Å². The summed E-state index contributed by atoms with van der Waals surface area (Å²) in [5.74, 6) is 0. The van der Waals surface area contributed by atoms with Crippen LogP contribution in [0.1, 0.15) is 22.8 Å². The molecule has 0 aliphatic rings. The van der Waals surface area contributed by atoms with Crippen molar-refractivity contribution < 1.29 is 0 Å². The minimum Gasteiger partial charge on any atom is -0.269 e. The second-order valence-corrected chi connectivity index (χ2v) is 5.70. The van der Waals surface area contributed by atoms with Crippen LogP contribution in [0.4, 0.5) is 0 Å².